The highest BCUT2D eigenvalue weighted by Crippen LogP contribution is 2.20. The molecule has 0 aliphatic heterocycles. The minimum absolute atomic E-state index is 0.306. The number of carbonyl (C=O) groups is 1. The maximum atomic E-state index is 11.9. The lowest BCUT2D eigenvalue weighted by atomic mass is 10.2. The lowest BCUT2D eigenvalue weighted by Crippen LogP contribution is -2.08. The second-order valence-electron chi connectivity index (χ2n) is 4.09. The fourth-order valence-corrected chi connectivity index (χ4v) is 1.75. The Balaban J connectivity index is 1.91. The van der Waals surface area contributed by atoms with Crippen molar-refractivity contribution in [1.29, 1.82) is 0 Å². The van der Waals surface area contributed by atoms with Crippen molar-refractivity contribution < 1.29 is 13.9 Å². The van der Waals surface area contributed by atoms with Crippen LogP contribution in [-0.2, 0) is 0 Å². The van der Waals surface area contributed by atoms with Crippen LogP contribution in [-0.4, -0.2) is 11.0 Å². The Kier molecular flexibility index (Phi) is 3.01. The molecule has 0 amide bonds. The van der Waals surface area contributed by atoms with Gasteiger partial charge in [0.15, 0.2) is 0 Å². The summed E-state index contributed by atoms with van der Waals surface area (Å²) in [5.74, 6) is -0.212. The fraction of sp³-hybridized carbons (Fsp3) is 0. The summed E-state index contributed by atoms with van der Waals surface area (Å²) in [5, 5.41) is 0.755. The third kappa shape index (κ3) is 2.42. The van der Waals surface area contributed by atoms with E-state index in [9.17, 15) is 9.59 Å². The van der Waals surface area contributed by atoms with Gasteiger partial charge in [-0.05, 0) is 30.3 Å². The van der Waals surface area contributed by atoms with Gasteiger partial charge in [-0.2, -0.15) is 0 Å². The van der Waals surface area contributed by atoms with E-state index in [1.165, 1.54) is 18.3 Å². The van der Waals surface area contributed by atoms with Crippen molar-refractivity contribution in [2.45, 2.75) is 0 Å². The third-order valence-electron chi connectivity index (χ3n) is 2.70. The maximum absolute atomic E-state index is 11.9. The van der Waals surface area contributed by atoms with E-state index < -0.39 is 11.6 Å². The van der Waals surface area contributed by atoms with Crippen LogP contribution in [0.4, 0.5) is 0 Å². The third-order valence-corrected chi connectivity index (χ3v) is 2.70. The van der Waals surface area contributed by atoms with Crippen LogP contribution >= 0.6 is 0 Å². The number of ether oxygens (including phenoxy) is 1. The summed E-state index contributed by atoms with van der Waals surface area (Å²) in [6.45, 7) is 0. The second-order valence-corrected chi connectivity index (χ2v) is 4.09. The molecule has 3 aromatic rings. The van der Waals surface area contributed by atoms with Gasteiger partial charge in [-0.15, -0.1) is 0 Å². The molecule has 2 aromatic heterocycles. The number of esters is 1. The second kappa shape index (κ2) is 4.97. The first-order chi connectivity index (χ1) is 9.72. The van der Waals surface area contributed by atoms with E-state index >= 15 is 0 Å². The van der Waals surface area contributed by atoms with Crippen molar-refractivity contribution in [3.8, 4) is 5.75 Å². The Hall–Kier alpha value is -2.95. The van der Waals surface area contributed by atoms with E-state index in [1.807, 2.05) is 0 Å². The Morgan fingerprint density at radius 1 is 1.15 bits per heavy atom. The smallest absolute Gasteiger partial charge is 0.345 e. The van der Waals surface area contributed by atoms with Crippen LogP contribution in [0.25, 0.3) is 11.0 Å². The molecule has 5 heteroatoms. The van der Waals surface area contributed by atoms with Crippen LogP contribution < -0.4 is 10.4 Å². The minimum atomic E-state index is -0.518. The summed E-state index contributed by atoms with van der Waals surface area (Å²) in [4.78, 5) is 26.9. The number of carbonyl (C=O) groups excluding carboxylic acids is 1. The average Bonchev–Trinajstić information content (AvgIpc) is 2.47. The van der Waals surface area contributed by atoms with Crippen molar-refractivity contribution in [3.05, 3.63) is 70.8 Å². The molecule has 0 aliphatic carbocycles. The molecule has 2 heterocycles. The van der Waals surface area contributed by atoms with Crippen molar-refractivity contribution in [2.24, 2.45) is 0 Å². The Morgan fingerprint density at radius 2 is 2.00 bits per heavy atom. The summed E-state index contributed by atoms with van der Waals surface area (Å²) >= 11 is 0. The molecule has 98 valence electrons. The highest BCUT2D eigenvalue weighted by molar-refractivity contribution is 5.91. The van der Waals surface area contributed by atoms with Crippen LogP contribution in [0, 0.1) is 0 Å². The van der Waals surface area contributed by atoms with Gasteiger partial charge in [0.1, 0.15) is 11.3 Å². The molecule has 0 saturated heterocycles. The van der Waals surface area contributed by atoms with Crippen molar-refractivity contribution >= 4 is 16.9 Å². The number of fused-ring (bicyclic) bond motifs is 1. The molecule has 0 N–H and O–H groups in total. The number of hydrogen-bond acceptors (Lipinski definition) is 5. The van der Waals surface area contributed by atoms with Crippen LogP contribution in [0.3, 0.4) is 0 Å². The molecule has 1 aromatic carbocycles. The Morgan fingerprint density at radius 3 is 2.80 bits per heavy atom. The molecule has 0 radical (unpaired) electrons. The number of benzene rings is 1. The lowest BCUT2D eigenvalue weighted by molar-refractivity contribution is 0.0734. The molecular weight excluding hydrogens is 258 g/mol. The first kappa shape index (κ1) is 12.1. The first-order valence-corrected chi connectivity index (χ1v) is 5.88. The standard InChI is InChI=1S/C15H9NO4/c17-14-6-4-10-3-5-12(8-13(10)20-14)19-15(18)11-2-1-7-16-9-11/h1-9H. The van der Waals surface area contributed by atoms with Crippen molar-refractivity contribution in [3.63, 3.8) is 0 Å². The molecule has 0 aliphatic rings. The molecule has 0 fully saturated rings. The van der Waals surface area contributed by atoms with E-state index in [-0.39, 0.29) is 0 Å². The van der Waals surface area contributed by atoms with Gasteiger partial charge in [0.05, 0.1) is 5.56 Å². The summed E-state index contributed by atoms with van der Waals surface area (Å²) in [6.07, 6.45) is 2.99. The van der Waals surface area contributed by atoms with E-state index in [4.69, 9.17) is 9.15 Å². The number of hydrogen-bond donors (Lipinski definition) is 0. The van der Waals surface area contributed by atoms with Crippen LogP contribution in [0.15, 0.2) is 64.1 Å². The normalized spacial score (nSPS) is 10.4. The zero-order valence-electron chi connectivity index (χ0n) is 10.3. The predicted octanol–water partition coefficient (Wildman–Crippen LogP) is 2.41. The maximum Gasteiger partial charge on any atom is 0.345 e. The molecule has 0 bridgehead atoms. The average molecular weight is 267 g/mol. The van der Waals surface area contributed by atoms with Gasteiger partial charge >= 0.3 is 11.6 Å². The van der Waals surface area contributed by atoms with E-state index in [0.717, 1.165) is 5.39 Å². The zero-order chi connectivity index (χ0) is 13.9. The monoisotopic (exact) mass is 267 g/mol. The van der Waals surface area contributed by atoms with Gasteiger partial charge in [0.2, 0.25) is 0 Å². The van der Waals surface area contributed by atoms with Gasteiger partial charge in [-0.1, -0.05) is 0 Å². The molecule has 0 saturated carbocycles. The van der Waals surface area contributed by atoms with Gasteiger partial charge < -0.3 is 9.15 Å². The zero-order valence-corrected chi connectivity index (χ0v) is 10.3. The molecule has 0 spiro atoms. The summed E-state index contributed by atoms with van der Waals surface area (Å²) in [5.41, 5.74) is 0.268. The fourth-order valence-electron chi connectivity index (χ4n) is 1.75. The topological polar surface area (TPSA) is 69.4 Å². The lowest BCUT2D eigenvalue weighted by Gasteiger charge is -2.04. The first-order valence-electron chi connectivity index (χ1n) is 5.88. The van der Waals surface area contributed by atoms with Gasteiger partial charge in [-0.3, -0.25) is 4.98 Å². The minimum Gasteiger partial charge on any atom is -0.423 e. The molecule has 20 heavy (non-hydrogen) atoms. The van der Waals surface area contributed by atoms with E-state index in [1.54, 1.807) is 36.5 Å². The van der Waals surface area contributed by atoms with Crippen LogP contribution in [0.2, 0.25) is 0 Å². The molecule has 0 atom stereocenters. The van der Waals surface area contributed by atoms with Gasteiger partial charge in [-0.25, -0.2) is 9.59 Å². The predicted molar refractivity (Wildman–Crippen MR) is 71.7 cm³/mol. The van der Waals surface area contributed by atoms with Crippen LogP contribution in [0.5, 0.6) is 5.75 Å². The van der Waals surface area contributed by atoms with E-state index in [0.29, 0.717) is 16.9 Å². The van der Waals surface area contributed by atoms with E-state index in [2.05, 4.69) is 4.98 Å². The van der Waals surface area contributed by atoms with Crippen molar-refractivity contribution in [2.75, 3.05) is 0 Å². The number of nitrogens with zero attached hydrogens (tertiary/aromatic N) is 1. The quantitative estimate of drug-likeness (QED) is 0.405. The van der Waals surface area contributed by atoms with Gasteiger partial charge in [0, 0.05) is 29.9 Å². The van der Waals surface area contributed by atoms with Crippen molar-refractivity contribution in [1.82, 2.24) is 4.98 Å². The van der Waals surface area contributed by atoms with Gasteiger partial charge in [0.25, 0.3) is 0 Å². The summed E-state index contributed by atoms with van der Waals surface area (Å²) in [6, 6.07) is 11.1. The number of pyridine rings is 1. The highest BCUT2D eigenvalue weighted by atomic mass is 16.5. The Labute approximate surface area is 113 Å². The van der Waals surface area contributed by atoms with Crippen LogP contribution in [0.1, 0.15) is 10.4 Å². The Bertz CT molecular complexity index is 824. The number of aromatic nitrogens is 1. The molecule has 3 rings (SSSR count). The molecule has 5 nitrogen and oxygen atoms in total. The largest absolute Gasteiger partial charge is 0.423 e. The molecule has 0 unspecified atom stereocenters. The summed E-state index contributed by atoms with van der Waals surface area (Å²) < 4.78 is 10.2. The number of rotatable bonds is 2. The highest BCUT2D eigenvalue weighted by Gasteiger charge is 2.09. The molecular formula is C15H9NO4. The SMILES string of the molecule is O=C(Oc1ccc2ccc(=O)oc2c1)c1cccnc1. The summed E-state index contributed by atoms with van der Waals surface area (Å²) in [7, 11) is 0.